The maximum atomic E-state index is 12.9. The van der Waals surface area contributed by atoms with E-state index in [-0.39, 0.29) is 18.6 Å². The predicted octanol–water partition coefficient (Wildman–Crippen LogP) is 5.09. The van der Waals surface area contributed by atoms with Gasteiger partial charge in [-0.1, -0.05) is 42.4 Å². The number of hydrazine groups is 1. The van der Waals surface area contributed by atoms with Crippen LogP contribution >= 0.6 is 11.6 Å². The van der Waals surface area contributed by atoms with E-state index in [2.05, 4.69) is 17.0 Å². The molecule has 2 aromatic carbocycles. The number of ether oxygens (including phenoxy) is 1. The maximum absolute atomic E-state index is 12.9. The zero-order chi connectivity index (χ0) is 25.5. The van der Waals surface area contributed by atoms with Crippen molar-refractivity contribution >= 4 is 23.1 Å². The van der Waals surface area contributed by atoms with Crippen LogP contribution in [0, 0.1) is 0 Å². The first kappa shape index (κ1) is 26.5. The zero-order valence-electron chi connectivity index (χ0n) is 20.7. The third-order valence-corrected chi connectivity index (χ3v) is 5.58. The molecule has 0 aliphatic carbocycles. The lowest BCUT2D eigenvalue weighted by Gasteiger charge is -2.23. The molecule has 2 N–H and O–H groups in total. The van der Waals surface area contributed by atoms with Gasteiger partial charge in [-0.05, 0) is 56.5 Å². The van der Waals surface area contributed by atoms with E-state index < -0.39 is 0 Å². The number of aromatic nitrogens is 2. The molecule has 7 nitrogen and oxygen atoms in total. The van der Waals surface area contributed by atoms with Gasteiger partial charge in [-0.25, -0.2) is 9.99 Å². The Kier molecular flexibility index (Phi) is 9.09. The lowest BCUT2D eigenvalue weighted by Crippen LogP contribution is -2.42. The maximum Gasteiger partial charge on any atom is 0.265 e. The normalized spacial score (nSPS) is 11.2. The van der Waals surface area contributed by atoms with Crippen LogP contribution in [0.4, 0.5) is 0 Å². The number of nitrogens with one attached hydrogen (secondary N) is 1. The molecule has 186 valence electrons. The lowest BCUT2D eigenvalue weighted by atomic mass is 10.1. The first-order valence-electron chi connectivity index (χ1n) is 11.6. The Morgan fingerprint density at radius 3 is 2.54 bits per heavy atom. The summed E-state index contributed by atoms with van der Waals surface area (Å²) in [7, 11) is 1.95. The number of hydrogen-bond donors (Lipinski definition) is 2. The second-order valence-electron chi connectivity index (χ2n) is 8.79. The van der Waals surface area contributed by atoms with Gasteiger partial charge >= 0.3 is 0 Å². The molecule has 0 aliphatic rings. The first-order valence-corrected chi connectivity index (χ1v) is 12.0. The van der Waals surface area contributed by atoms with Gasteiger partial charge < -0.3 is 14.4 Å². The molecule has 35 heavy (non-hydrogen) atoms. The molecule has 0 atom stereocenters. The molecule has 0 aliphatic heterocycles. The molecular formula is C27H33ClN4O3. The number of amides is 1. The molecule has 0 radical (unpaired) electrons. The average molecular weight is 497 g/mol. The minimum Gasteiger partial charge on any atom is -0.489 e. The van der Waals surface area contributed by atoms with Crippen molar-refractivity contribution in [3.05, 3.63) is 77.2 Å². The molecule has 0 unspecified atom stereocenters. The summed E-state index contributed by atoms with van der Waals surface area (Å²) < 4.78 is 7.61. The van der Waals surface area contributed by atoms with Crippen LogP contribution in [0.25, 0.3) is 16.8 Å². The molecule has 1 amide bonds. The smallest absolute Gasteiger partial charge is 0.265 e. The highest BCUT2D eigenvalue weighted by molar-refractivity contribution is 6.32. The summed E-state index contributed by atoms with van der Waals surface area (Å²) in [6.45, 7) is 10.7. The lowest BCUT2D eigenvalue weighted by molar-refractivity contribution is 0.0758. The number of aryl methyl sites for hydroxylation is 1. The van der Waals surface area contributed by atoms with Crippen molar-refractivity contribution in [1.82, 2.24) is 20.0 Å². The quantitative estimate of drug-likeness (QED) is 0.361. The highest BCUT2D eigenvalue weighted by Gasteiger charge is 2.15. The van der Waals surface area contributed by atoms with E-state index in [1.54, 1.807) is 23.2 Å². The number of hydrogen-bond acceptors (Lipinski definition) is 5. The highest BCUT2D eigenvalue weighted by Crippen LogP contribution is 2.26. The topological polar surface area (TPSA) is 79.6 Å². The summed E-state index contributed by atoms with van der Waals surface area (Å²) >= 11 is 6.30. The van der Waals surface area contributed by atoms with Crippen LogP contribution in [0.2, 0.25) is 5.02 Å². The first-order chi connectivity index (χ1) is 16.7. The molecule has 3 rings (SSSR count). The molecule has 0 spiro atoms. The number of carbonyl (C=O) groups is 1. The van der Waals surface area contributed by atoms with Crippen LogP contribution in [0.3, 0.4) is 0 Å². The number of carbonyl (C=O) groups excluding carboxylic acids is 1. The molecule has 0 bridgehead atoms. The number of halogens is 1. The van der Waals surface area contributed by atoms with Gasteiger partial charge in [0.05, 0.1) is 16.8 Å². The van der Waals surface area contributed by atoms with E-state index in [1.807, 2.05) is 62.8 Å². The zero-order valence-corrected chi connectivity index (χ0v) is 21.5. The van der Waals surface area contributed by atoms with Gasteiger partial charge in [0.2, 0.25) is 0 Å². The number of imidazole rings is 1. The summed E-state index contributed by atoms with van der Waals surface area (Å²) in [5, 5.41) is 11.5. The van der Waals surface area contributed by atoms with Crippen molar-refractivity contribution in [2.45, 2.75) is 39.8 Å². The van der Waals surface area contributed by atoms with Crippen LogP contribution in [-0.2, 0) is 13.6 Å². The van der Waals surface area contributed by atoms with E-state index in [0.717, 1.165) is 28.2 Å². The number of rotatable bonds is 11. The van der Waals surface area contributed by atoms with Crippen molar-refractivity contribution in [2.75, 3.05) is 13.2 Å². The minimum absolute atomic E-state index is 0.0154. The number of aliphatic hydroxyl groups excluding tert-OH is 1. The van der Waals surface area contributed by atoms with Crippen molar-refractivity contribution in [3.8, 4) is 17.0 Å². The summed E-state index contributed by atoms with van der Waals surface area (Å²) in [5.41, 5.74) is 7.17. The molecule has 0 saturated carbocycles. The summed E-state index contributed by atoms with van der Waals surface area (Å²) in [5.74, 6) is 1.11. The Morgan fingerprint density at radius 2 is 1.97 bits per heavy atom. The molecule has 0 fully saturated rings. The van der Waals surface area contributed by atoms with Crippen molar-refractivity contribution in [2.24, 2.45) is 7.05 Å². The predicted molar refractivity (Wildman–Crippen MR) is 140 cm³/mol. The molecule has 1 heterocycles. The van der Waals surface area contributed by atoms with E-state index >= 15 is 0 Å². The Hall–Kier alpha value is -3.13. The molecule has 1 aromatic heterocycles. The summed E-state index contributed by atoms with van der Waals surface area (Å²) in [4.78, 5) is 17.6. The van der Waals surface area contributed by atoms with Crippen LogP contribution < -0.4 is 10.2 Å². The number of allylic oxidation sites excluding steroid dienone is 1. The van der Waals surface area contributed by atoms with Crippen molar-refractivity contribution in [3.63, 3.8) is 0 Å². The molecule has 8 heteroatoms. The Morgan fingerprint density at radius 1 is 1.26 bits per heavy atom. The second-order valence-corrected chi connectivity index (χ2v) is 9.20. The third kappa shape index (κ3) is 7.18. The summed E-state index contributed by atoms with van der Waals surface area (Å²) in [6, 6.07) is 13.0. The highest BCUT2D eigenvalue weighted by atomic mass is 35.5. The minimum atomic E-state index is -0.279. The van der Waals surface area contributed by atoms with E-state index in [1.165, 1.54) is 0 Å². The molecule has 0 saturated heterocycles. The Balaban J connectivity index is 1.70. The van der Waals surface area contributed by atoms with Crippen LogP contribution in [0.5, 0.6) is 5.75 Å². The average Bonchev–Trinajstić information content (AvgIpc) is 3.21. The van der Waals surface area contributed by atoms with Gasteiger partial charge in [0, 0.05) is 44.1 Å². The second kappa shape index (κ2) is 12.0. The Labute approximate surface area is 212 Å². The monoisotopic (exact) mass is 496 g/mol. The largest absolute Gasteiger partial charge is 0.489 e. The molecular weight excluding hydrogens is 464 g/mol. The molecule has 3 aromatic rings. The fraction of sp³-hybridized carbons (Fsp3) is 0.333. The van der Waals surface area contributed by atoms with Crippen LogP contribution in [-0.4, -0.2) is 44.8 Å². The number of aliphatic hydroxyl groups is 1. The van der Waals surface area contributed by atoms with Gasteiger partial charge in [-0.2, -0.15) is 0 Å². The van der Waals surface area contributed by atoms with Crippen LogP contribution in [0.1, 0.15) is 48.9 Å². The number of nitrogens with zero attached hydrogens (tertiary/aromatic N) is 3. The van der Waals surface area contributed by atoms with Gasteiger partial charge in [-0.3, -0.25) is 10.2 Å². The van der Waals surface area contributed by atoms with Gasteiger partial charge in [0.25, 0.3) is 5.91 Å². The van der Waals surface area contributed by atoms with E-state index in [0.29, 0.717) is 35.8 Å². The van der Waals surface area contributed by atoms with Crippen molar-refractivity contribution < 1.29 is 14.6 Å². The van der Waals surface area contributed by atoms with Crippen LogP contribution in [0.15, 0.2) is 55.2 Å². The van der Waals surface area contributed by atoms with Gasteiger partial charge in [0.15, 0.2) is 0 Å². The third-order valence-electron chi connectivity index (χ3n) is 5.28. The van der Waals surface area contributed by atoms with Gasteiger partial charge in [-0.15, -0.1) is 0 Å². The van der Waals surface area contributed by atoms with E-state index in [4.69, 9.17) is 16.3 Å². The van der Waals surface area contributed by atoms with E-state index in [9.17, 15) is 9.90 Å². The SMILES string of the molecule is C=C(C)c1nc(-c2ccc(CN(CCCO)NC(=O)c3ccc(OC(C)C)c(Cl)c3)cc2)cn1C. The van der Waals surface area contributed by atoms with Gasteiger partial charge in [0.1, 0.15) is 11.6 Å². The standard InChI is InChI=1S/C27H33ClN4O3/c1-18(2)26-29-24(17-31(26)5)21-9-7-20(8-10-21)16-32(13-6-14-33)30-27(34)22-11-12-25(23(28)15-22)35-19(3)4/h7-12,15,17,19,33H,1,6,13-14,16H2,2-5H3,(H,30,34). The summed E-state index contributed by atoms with van der Waals surface area (Å²) in [6.07, 6.45) is 2.49. The van der Waals surface area contributed by atoms with Crippen molar-refractivity contribution in [1.29, 1.82) is 0 Å². The fourth-order valence-corrected chi connectivity index (χ4v) is 3.86. The number of benzene rings is 2. The fourth-order valence-electron chi connectivity index (χ4n) is 3.64. The Bertz CT molecular complexity index is 1170.